The second-order valence-electron chi connectivity index (χ2n) is 20.1. The first kappa shape index (κ1) is 46.5. The third-order valence-electron chi connectivity index (χ3n) is 16.2. The molecule has 0 saturated carbocycles. The Hall–Kier alpha value is -9.04. The molecule has 0 bridgehead atoms. The Morgan fingerprint density at radius 3 is 1.65 bits per heavy atom. The van der Waals surface area contributed by atoms with E-state index in [1.165, 1.54) is 88.9 Å². The maximum Gasteiger partial charge on any atom is 0.0743 e. The highest BCUT2D eigenvalue weighted by atomic mass is 32.1. The van der Waals surface area contributed by atoms with Crippen molar-refractivity contribution in [1.82, 2.24) is 9.13 Å². The van der Waals surface area contributed by atoms with Gasteiger partial charge in [-0.05, 0) is 198 Å². The first-order valence-corrected chi connectivity index (χ1v) is 28.3. The van der Waals surface area contributed by atoms with E-state index in [1.807, 2.05) is 41.7 Å². The van der Waals surface area contributed by atoms with Gasteiger partial charge in [0.15, 0.2) is 0 Å². The van der Waals surface area contributed by atoms with Gasteiger partial charge in [-0.2, -0.15) is 0 Å². The Bertz CT molecular complexity index is 4360. The zero-order valence-corrected chi connectivity index (χ0v) is 44.5. The predicted octanol–water partition coefficient (Wildman–Crippen LogP) is 19.1. The van der Waals surface area contributed by atoms with Crippen molar-refractivity contribution < 1.29 is 0 Å². The highest BCUT2D eigenvalue weighted by Gasteiger charge is 2.53. The van der Waals surface area contributed by atoms with Crippen LogP contribution in [0.4, 0.5) is 34.1 Å². The molecule has 4 nitrogen and oxygen atoms in total. The van der Waals surface area contributed by atoms with Crippen LogP contribution in [0.1, 0.15) is 60.2 Å². The quantitative estimate of drug-likeness (QED) is 0.100. The molecular weight excluding hydrogens is 973 g/mol. The fraction of sp³-hybridized carbons (Fsp3) is 0.0986. The minimum absolute atomic E-state index is 0.564. The van der Waals surface area contributed by atoms with E-state index < -0.39 is 5.41 Å². The van der Waals surface area contributed by atoms with E-state index in [0.717, 1.165) is 69.4 Å². The summed E-state index contributed by atoms with van der Waals surface area (Å²) in [5, 5.41) is 8.25. The molecule has 3 aliphatic carbocycles. The highest BCUT2D eigenvalue weighted by Crippen LogP contribution is 2.66. The molecule has 4 aromatic heterocycles. The zero-order chi connectivity index (χ0) is 51.8. The fourth-order valence-electron chi connectivity index (χ4n) is 13.1. The van der Waals surface area contributed by atoms with Crippen molar-refractivity contribution in [3.05, 3.63) is 251 Å². The van der Waals surface area contributed by atoms with Gasteiger partial charge >= 0.3 is 0 Å². The van der Waals surface area contributed by atoms with E-state index >= 15 is 0 Å². The Balaban J connectivity index is 0.979. The molecule has 3 aliphatic rings. The molecule has 0 amide bonds. The number of thiophene rings is 2. The molecule has 1 spiro atoms. The summed E-state index contributed by atoms with van der Waals surface area (Å²) in [4.78, 5) is 7.59. The second-order valence-corrected chi connectivity index (χ2v) is 21.9. The number of anilines is 6. The average molecular weight is 1030 g/mol. The largest absolute Gasteiger partial charge is 0.314 e. The molecule has 0 aliphatic heterocycles. The lowest BCUT2D eigenvalue weighted by molar-refractivity contribution is 0.669. The van der Waals surface area contributed by atoms with Gasteiger partial charge in [0, 0.05) is 77.5 Å². The lowest BCUT2D eigenvalue weighted by atomic mass is 9.71. The Morgan fingerprint density at radius 2 is 1.05 bits per heavy atom. The van der Waals surface area contributed by atoms with E-state index in [-0.39, 0.29) is 0 Å². The molecule has 11 aromatic rings. The molecular formula is C71H52N4S2. The molecule has 77 heavy (non-hydrogen) atoms. The van der Waals surface area contributed by atoms with E-state index in [9.17, 15) is 0 Å². The maximum atomic E-state index is 6.00. The van der Waals surface area contributed by atoms with Crippen LogP contribution in [0.3, 0.4) is 0 Å². The van der Waals surface area contributed by atoms with Crippen molar-refractivity contribution in [1.29, 1.82) is 0 Å². The summed E-state index contributed by atoms with van der Waals surface area (Å²) in [6.07, 6.45) is 28.4. The van der Waals surface area contributed by atoms with Crippen molar-refractivity contribution in [2.75, 3.05) is 9.80 Å². The lowest BCUT2D eigenvalue weighted by Crippen LogP contribution is -2.26. The molecule has 368 valence electrons. The number of allylic oxidation sites excluding steroid dienone is 8. The number of hydrogen-bond donors (Lipinski definition) is 0. The maximum absolute atomic E-state index is 6.00. The van der Waals surface area contributed by atoms with Crippen molar-refractivity contribution >= 4 is 101 Å². The van der Waals surface area contributed by atoms with Crippen LogP contribution < -0.4 is 9.80 Å². The standard InChI is InChI=1S/C71H52N4S2/c1-5-9-22-47(8-4)74-65-29-18-16-27-57(65)59-37-33-53(45-67(59)74)72(49-23-12-10-13-24-49)51-31-35-55-56-36-32-52(44-64(56)71(63(55)43-51)61-39-41-76-69(61)70-62(71)40-42-77-70)73(50-25-14-11-15-26-50)54-34-38-60-58-28-17-19-30-66(58)75(68(60)46-54)48(20-6-2)21-7-3/h1-2,7-15,17,19-26,28,30-46H,16,18,27,29H2,3-4H3/b21-7-,22-9-,47-8+,48-20+. The summed E-state index contributed by atoms with van der Waals surface area (Å²) in [5.74, 6) is 5.57. The van der Waals surface area contributed by atoms with Gasteiger partial charge in [0.25, 0.3) is 0 Å². The first-order valence-electron chi connectivity index (χ1n) is 26.5. The van der Waals surface area contributed by atoms with Gasteiger partial charge in [-0.1, -0.05) is 103 Å². The Kier molecular flexibility index (Phi) is 11.3. The van der Waals surface area contributed by atoms with Crippen LogP contribution >= 0.6 is 22.7 Å². The van der Waals surface area contributed by atoms with Gasteiger partial charge in [0.1, 0.15) is 0 Å². The fourth-order valence-corrected chi connectivity index (χ4v) is 15.2. The van der Waals surface area contributed by atoms with Crippen molar-refractivity contribution in [2.45, 2.75) is 44.9 Å². The third kappa shape index (κ3) is 7.00. The van der Waals surface area contributed by atoms with E-state index in [2.05, 4.69) is 243 Å². The van der Waals surface area contributed by atoms with E-state index in [4.69, 9.17) is 12.8 Å². The number of rotatable bonds is 10. The molecule has 0 unspecified atom stereocenters. The average Bonchev–Trinajstić information content (AvgIpc) is 4.53. The number of aryl methyl sites for hydroxylation is 1. The smallest absolute Gasteiger partial charge is 0.0743 e. The lowest BCUT2D eigenvalue weighted by Gasteiger charge is -2.32. The minimum Gasteiger partial charge on any atom is -0.314 e. The first-order chi connectivity index (χ1) is 38.0. The van der Waals surface area contributed by atoms with Crippen LogP contribution in [-0.2, 0) is 18.3 Å². The summed E-state index contributed by atoms with van der Waals surface area (Å²) >= 11 is 3.71. The summed E-state index contributed by atoms with van der Waals surface area (Å²) in [6.45, 7) is 4.15. The van der Waals surface area contributed by atoms with Gasteiger partial charge in [-0.3, -0.25) is 0 Å². The SMILES string of the molecule is C#C/C=C\C(=C/C)n1c2c(c3ccc(N(c4ccccc4)c4ccc5c(c4)C4(c6cc(N(c7ccccc7)c7ccc8c9ccccc9n(C(/C=C\C)=C/C#C)c8c7)ccc6-5)c5ccsc5-c5sccc54)cc31)CCCC2. The number of hydrogen-bond acceptors (Lipinski definition) is 4. The summed E-state index contributed by atoms with van der Waals surface area (Å²) in [6, 6.07) is 63.5. The Labute approximate surface area is 458 Å². The van der Waals surface area contributed by atoms with Crippen LogP contribution in [0.25, 0.3) is 65.0 Å². The highest BCUT2D eigenvalue weighted by molar-refractivity contribution is 7.21. The molecule has 0 N–H and O–H groups in total. The van der Waals surface area contributed by atoms with Crippen LogP contribution in [0, 0.1) is 24.7 Å². The molecule has 0 radical (unpaired) electrons. The number of aromatic nitrogens is 2. The molecule has 6 heteroatoms. The number of fused-ring (bicyclic) bond motifs is 16. The van der Waals surface area contributed by atoms with Crippen LogP contribution in [-0.4, -0.2) is 9.13 Å². The van der Waals surface area contributed by atoms with E-state index in [0.29, 0.717) is 0 Å². The molecule has 0 fully saturated rings. The number of nitrogens with zero attached hydrogens (tertiary/aromatic N) is 4. The van der Waals surface area contributed by atoms with Crippen molar-refractivity contribution in [3.8, 4) is 45.6 Å². The Morgan fingerprint density at radius 1 is 0.506 bits per heavy atom. The van der Waals surface area contributed by atoms with Gasteiger partial charge in [0.2, 0.25) is 0 Å². The molecule has 7 aromatic carbocycles. The summed E-state index contributed by atoms with van der Waals surface area (Å²) < 4.78 is 4.77. The van der Waals surface area contributed by atoms with Gasteiger partial charge in [-0.15, -0.1) is 35.5 Å². The molecule has 4 heterocycles. The number of para-hydroxylation sites is 3. The monoisotopic (exact) mass is 1020 g/mol. The molecule has 14 rings (SSSR count). The summed E-state index contributed by atoms with van der Waals surface area (Å²) in [5.41, 5.74) is 22.0. The zero-order valence-electron chi connectivity index (χ0n) is 42.9. The predicted molar refractivity (Wildman–Crippen MR) is 329 cm³/mol. The minimum atomic E-state index is -0.564. The van der Waals surface area contributed by atoms with Gasteiger partial charge < -0.3 is 18.9 Å². The second kappa shape index (κ2) is 18.7. The number of terminal acetylenes is 2. The topological polar surface area (TPSA) is 16.3 Å². The van der Waals surface area contributed by atoms with Gasteiger partial charge in [-0.25, -0.2) is 0 Å². The summed E-state index contributed by atoms with van der Waals surface area (Å²) in [7, 11) is 0. The van der Waals surface area contributed by atoms with Crippen molar-refractivity contribution in [3.63, 3.8) is 0 Å². The van der Waals surface area contributed by atoms with Crippen molar-refractivity contribution in [2.24, 2.45) is 0 Å². The molecule has 0 saturated heterocycles. The van der Waals surface area contributed by atoms with Crippen LogP contribution in [0.5, 0.6) is 0 Å². The van der Waals surface area contributed by atoms with Crippen LogP contribution in [0.2, 0.25) is 0 Å². The van der Waals surface area contributed by atoms with Gasteiger partial charge in [0.05, 0.1) is 27.7 Å². The number of benzene rings is 7. The van der Waals surface area contributed by atoms with E-state index in [1.54, 1.807) is 0 Å². The van der Waals surface area contributed by atoms with Crippen LogP contribution in [0.15, 0.2) is 217 Å². The molecule has 0 atom stereocenters. The third-order valence-corrected chi connectivity index (χ3v) is 18.1. The normalized spacial score (nSPS) is 14.3.